The Morgan fingerprint density at radius 3 is 2.62 bits per heavy atom. The van der Waals surface area contributed by atoms with Crippen LogP contribution in [0.15, 0.2) is 18.3 Å². The smallest absolute Gasteiger partial charge is 0.437 e. The van der Waals surface area contributed by atoms with E-state index >= 15 is 0 Å². The summed E-state index contributed by atoms with van der Waals surface area (Å²) in [7, 11) is 0. The summed E-state index contributed by atoms with van der Waals surface area (Å²) in [6, 6.07) is 2.68. The molecule has 0 aliphatic carbocycles. The minimum absolute atomic E-state index is 0.0187. The Bertz CT molecular complexity index is 629. The molecule has 1 aromatic heterocycles. The monoisotopic (exact) mass is 374 g/mol. The van der Waals surface area contributed by atoms with Crippen molar-refractivity contribution in [2.75, 3.05) is 13.2 Å². The predicted molar refractivity (Wildman–Crippen MR) is 89.9 cm³/mol. The largest absolute Gasteiger partial charge is 0.491 e. The Labute approximate surface area is 151 Å². The zero-order chi connectivity index (χ0) is 19.5. The lowest BCUT2D eigenvalue weighted by Crippen LogP contribution is -2.48. The Balaban J connectivity index is 2.00. The third-order valence-electron chi connectivity index (χ3n) is 4.12. The van der Waals surface area contributed by atoms with Crippen LogP contribution in [0.2, 0.25) is 0 Å². The van der Waals surface area contributed by atoms with Crippen molar-refractivity contribution in [3.8, 4) is 5.75 Å². The molecule has 2 rings (SSSR count). The minimum Gasteiger partial charge on any atom is -0.491 e. The maximum Gasteiger partial charge on any atom is 0.437 e. The van der Waals surface area contributed by atoms with Crippen LogP contribution < -0.4 is 4.74 Å². The molecule has 8 heteroatoms. The molecule has 1 saturated heterocycles. The highest BCUT2D eigenvalue weighted by Crippen LogP contribution is 2.34. The first-order valence-electron chi connectivity index (χ1n) is 8.62. The standard InChI is InChI=1S/C18H25F3N2O3/c1-12-7-8-13(10-23(12)16(24)26-17(2,3)4)11-25-14-6-5-9-22-15(14)18(19,20)21/h5-6,9,12-13H,7-8,10-11H2,1-4H3. The number of alkyl halides is 3. The first-order valence-corrected chi connectivity index (χ1v) is 8.62. The molecule has 0 saturated carbocycles. The number of carbonyl (C=O) groups excluding carboxylic acids is 1. The van der Waals surface area contributed by atoms with Gasteiger partial charge in [0.25, 0.3) is 0 Å². The average molecular weight is 374 g/mol. The number of piperidine rings is 1. The molecule has 1 aromatic rings. The van der Waals surface area contributed by atoms with E-state index in [-0.39, 0.29) is 24.3 Å². The number of pyridine rings is 1. The maximum absolute atomic E-state index is 13.0. The lowest BCUT2D eigenvalue weighted by molar-refractivity contribution is -0.142. The second-order valence-corrected chi connectivity index (χ2v) is 7.58. The fraction of sp³-hybridized carbons (Fsp3) is 0.667. The van der Waals surface area contributed by atoms with Crippen LogP contribution >= 0.6 is 0 Å². The number of carbonyl (C=O) groups is 1. The SMILES string of the molecule is CC1CCC(COc2cccnc2C(F)(F)F)CN1C(=O)OC(C)(C)C. The first kappa shape index (κ1) is 20.3. The van der Waals surface area contributed by atoms with Gasteiger partial charge < -0.3 is 14.4 Å². The number of rotatable bonds is 3. The van der Waals surface area contributed by atoms with Gasteiger partial charge in [0, 0.05) is 24.7 Å². The van der Waals surface area contributed by atoms with Crippen LogP contribution in [-0.2, 0) is 10.9 Å². The van der Waals surface area contributed by atoms with Gasteiger partial charge in [0.05, 0.1) is 6.61 Å². The van der Waals surface area contributed by atoms with Crippen LogP contribution in [0.25, 0.3) is 0 Å². The second-order valence-electron chi connectivity index (χ2n) is 7.58. The number of hydrogen-bond donors (Lipinski definition) is 0. The van der Waals surface area contributed by atoms with Crippen LogP contribution in [0, 0.1) is 5.92 Å². The molecular weight excluding hydrogens is 349 g/mol. The summed E-state index contributed by atoms with van der Waals surface area (Å²) in [5, 5.41) is 0. The Morgan fingerprint density at radius 2 is 2.00 bits per heavy atom. The van der Waals surface area contributed by atoms with Gasteiger partial charge in [-0.1, -0.05) is 0 Å². The van der Waals surface area contributed by atoms with Crippen molar-refractivity contribution in [3.05, 3.63) is 24.0 Å². The number of halogens is 3. The van der Waals surface area contributed by atoms with Crippen LogP contribution in [0.1, 0.15) is 46.2 Å². The zero-order valence-corrected chi connectivity index (χ0v) is 15.5. The first-order chi connectivity index (χ1) is 12.0. The summed E-state index contributed by atoms with van der Waals surface area (Å²) in [5.74, 6) is -0.359. The van der Waals surface area contributed by atoms with Crippen molar-refractivity contribution in [2.24, 2.45) is 5.92 Å². The molecule has 0 bridgehead atoms. The van der Waals surface area contributed by atoms with Gasteiger partial charge in [-0.2, -0.15) is 13.2 Å². The van der Waals surface area contributed by atoms with Gasteiger partial charge in [-0.15, -0.1) is 0 Å². The molecule has 2 unspecified atom stereocenters. The third kappa shape index (κ3) is 5.51. The molecule has 0 radical (unpaired) electrons. The molecule has 5 nitrogen and oxygen atoms in total. The van der Waals surface area contributed by atoms with Gasteiger partial charge in [-0.3, -0.25) is 0 Å². The highest BCUT2D eigenvalue weighted by Gasteiger charge is 2.37. The molecule has 1 fully saturated rings. The predicted octanol–water partition coefficient (Wildman–Crippen LogP) is 4.51. The molecule has 0 spiro atoms. The third-order valence-corrected chi connectivity index (χ3v) is 4.12. The van der Waals surface area contributed by atoms with Crippen LogP contribution in [-0.4, -0.2) is 40.8 Å². The molecule has 2 atom stereocenters. The normalized spacial score (nSPS) is 21.4. The van der Waals surface area contributed by atoms with E-state index < -0.39 is 23.6 Å². The van der Waals surface area contributed by atoms with Gasteiger partial charge in [-0.25, -0.2) is 9.78 Å². The molecule has 146 valence electrons. The fourth-order valence-electron chi connectivity index (χ4n) is 2.82. The van der Waals surface area contributed by atoms with E-state index in [2.05, 4.69) is 4.98 Å². The maximum atomic E-state index is 13.0. The average Bonchev–Trinajstić information content (AvgIpc) is 2.51. The summed E-state index contributed by atoms with van der Waals surface area (Å²) < 4.78 is 49.8. The van der Waals surface area contributed by atoms with Gasteiger partial charge in [-0.05, 0) is 52.7 Å². The van der Waals surface area contributed by atoms with Gasteiger partial charge in [0.15, 0.2) is 5.69 Å². The van der Waals surface area contributed by atoms with Crippen molar-refractivity contribution in [2.45, 2.75) is 58.4 Å². The van der Waals surface area contributed by atoms with Crippen molar-refractivity contribution in [1.82, 2.24) is 9.88 Å². The topological polar surface area (TPSA) is 51.7 Å². The molecule has 0 N–H and O–H groups in total. The number of aromatic nitrogens is 1. The fourth-order valence-corrected chi connectivity index (χ4v) is 2.82. The van der Waals surface area contributed by atoms with E-state index in [0.29, 0.717) is 6.54 Å². The second kappa shape index (κ2) is 7.72. The number of ether oxygens (including phenoxy) is 2. The molecular formula is C18H25F3N2O3. The van der Waals surface area contributed by atoms with E-state index in [4.69, 9.17) is 9.47 Å². The highest BCUT2D eigenvalue weighted by molar-refractivity contribution is 5.68. The Hall–Kier alpha value is -1.99. The summed E-state index contributed by atoms with van der Waals surface area (Å²) >= 11 is 0. The summed E-state index contributed by atoms with van der Waals surface area (Å²) in [6.07, 6.45) is -2.39. The van der Waals surface area contributed by atoms with Gasteiger partial charge in [0.2, 0.25) is 0 Å². The summed E-state index contributed by atoms with van der Waals surface area (Å²) in [6.45, 7) is 7.78. The molecule has 26 heavy (non-hydrogen) atoms. The zero-order valence-electron chi connectivity index (χ0n) is 15.5. The van der Waals surface area contributed by atoms with Crippen LogP contribution in [0.5, 0.6) is 5.75 Å². The van der Waals surface area contributed by atoms with Crippen molar-refractivity contribution < 1.29 is 27.4 Å². The number of nitrogens with zero attached hydrogens (tertiary/aromatic N) is 2. The summed E-state index contributed by atoms with van der Waals surface area (Å²) in [5.41, 5.74) is -1.63. The molecule has 1 aliphatic rings. The Kier molecular flexibility index (Phi) is 6.03. The number of amides is 1. The van der Waals surface area contributed by atoms with E-state index in [1.807, 2.05) is 6.92 Å². The van der Waals surface area contributed by atoms with Gasteiger partial charge in [0.1, 0.15) is 11.4 Å². The van der Waals surface area contributed by atoms with Crippen LogP contribution in [0.3, 0.4) is 0 Å². The van der Waals surface area contributed by atoms with E-state index in [9.17, 15) is 18.0 Å². The quantitative estimate of drug-likeness (QED) is 0.781. The minimum atomic E-state index is -4.57. The number of likely N-dealkylation sites (tertiary alicyclic amines) is 1. The van der Waals surface area contributed by atoms with Crippen molar-refractivity contribution >= 4 is 6.09 Å². The Morgan fingerprint density at radius 1 is 1.31 bits per heavy atom. The highest BCUT2D eigenvalue weighted by atomic mass is 19.4. The van der Waals surface area contributed by atoms with E-state index in [0.717, 1.165) is 19.0 Å². The van der Waals surface area contributed by atoms with Gasteiger partial charge >= 0.3 is 12.3 Å². The molecule has 1 aliphatic heterocycles. The lowest BCUT2D eigenvalue weighted by atomic mass is 9.94. The van der Waals surface area contributed by atoms with Crippen molar-refractivity contribution in [3.63, 3.8) is 0 Å². The molecule has 0 aromatic carbocycles. The molecule has 1 amide bonds. The summed E-state index contributed by atoms with van der Waals surface area (Å²) in [4.78, 5) is 17.3. The van der Waals surface area contributed by atoms with E-state index in [1.165, 1.54) is 12.1 Å². The molecule has 2 heterocycles. The van der Waals surface area contributed by atoms with Crippen molar-refractivity contribution in [1.29, 1.82) is 0 Å². The number of hydrogen-bond acceptors (Lipinski definition) is 4. The van der Waals surface area contributed by atoms with Crippen LogP contribution in [0.4, 0.5) is 18.0 Å². The van der Waals surface area contributed by atoms with E-state index in [1.54, 1.807) is 25.7 Å². The lowest BCUT2D eigenvalue weighted by Gasteiger charge is -2.38.